The minimum atomic E-state index is -0.369. The van der Waals surface area contributed by atoms with Gasteiger partial charge in [-0.2, -0.15) is 0 Å². The number of carbonyl (C=O) groups is 1. The van der Waals surface area contributed by atoms with Crippen molar-refractivity contribution in [1.82, 2.24) is 4.57 Å². The van der Waals surface area contributed by atoms with Crippen molar-refractivity contribution in [2.75, 3.05) is 17.7 Å². The Morgan fingerprint density at radius 3 is 2.36 bits per heavy atom. The van der Waals surface area contributed by atoms with Crippen molar-refractivity contribution in [1.29, 1.82) is 0 Å². The van der Waals surface area contributed by atoms with Crippen molar-refractivity contribution in [3.05, 3.63) is 52.9 Å². The number of hydrogen-bond donors (Lipinski definition) is 2. The van der Waals surface area contributed by atoms with E-state index in [1.165, 1.54) is 6.07 Å². The molecule has 0 unspecified atom stereocenters. The number of benzene rings is 1. The number of ether oxygens (including phenoxy) is 1. The molecule has 2 amide bonds. The Balaban J connectivity index is 2.02. The third kappa shape index (κ3) is 4.12. The lowest BCUT2D eigenvalue weighted by Gasteiger charge is -2.10. The predicted molar refractivity (Wildman–Crippen MR) is 86.6 cm³/mol. The minimum absolute atomic E-state index is 0.0806. The Morgan fingerprint density at radius 1 is 1.09 bits per heavy atom. The normalized spacial score (nSPS) is 10.1. The molecular weight excluding hydrogens is 282 g/mol. The molecule has 0 aliphatic carbocycles. The molecule has 0 aliphatic rings. The van der Waals surface area contributed by atoms with E-state index in [0.717, 1.165) is 12.2 Å². The maximum atomic E-state index is 11.9. The van der Waals surface area contributed by atoms with Gasteiger partial charge in [0.15, 0.2) is 0 Å². The summed E-state index contributed by atoms with van der Waals surface area (Å²) in [6.07, 6.45) is 2.49. The summed E-state index contributed by atoms with van der Waals surface area (Å²) in [7, 11) is 1.58. The zero-order chi connectivity index (χ0) is 15.9. The average molecular weight is 301 g/mol. The highest BCUT2D eigenvalue weighted by Gasteiger charge is 2.04. The first-order valence-electron chi connectivity index (χ1n) is 7.05. The number of anilines is 2. The van der Waals surface area contributed by atoms with Gasteiger partial charge in [0.25, 0.3) is 5.56 Å². The summed E-state index contributed by atoms with van der Waals surface area (Å²) in [5, 5.41) is 5.42. The van der Waals surface area contributed by atoms with Crippen molar-refractivity contribution in [2.45, 2.75) is 19.9 Å². The molecule has 0 saturated heterocycles. The number of pyridine rings is 1. The number of urea groups is 1. The maximum Gasteiger partial charge on any atom is 0.323 e. The summed E-state index contributed by atoms with van der Waals surface area (Å²) in [5.74, 6) is 0.720. The number of nitrogens with one attached hydrogen (secondary N) is 2. The molecule has 0 aliphatic heterocycles. The number of hydrogen-bond acceptors (Lipinski definition) is 3. The van der Waals surface area contributed by atoms with Gasteiger partial charge in [-0.05, 0) is 36.8 Å². The Hall–Kier alpha value is -2.76. The van der Waals surface area contributed by atoms with Crippen molar-refractivity contribution in [3.63, 3.8) is 0 Å². The maximum absolute atomic E-state index is 11.9. The predicted octanol–water partition coefficient (Wildman–Crippen LogP) is 2.91. The Kier molecular flexibility index (Phi) is 5.19. The smallest absolute Gasteiger partial charge is 0.323 e. The molecule has 1 aromatic carbocycles. The van der Waals surface area contributed by atoms with Crippen LogP contribution in [0.2, 0.25) is 0 Å². The molecule has 2 rings (SSSR count). The van der Waals surface area contributed by atoms with Crippen molar-refractivity contribution < 1.29 is 9.53 Å². The monoisotopic (exact) mass is 301 g/mol. The van der Waals surface area contributed by atoms with Gasteiger partial charge in [-0.3, -0.25) is 4.79 Å². The van der Waals surface area contributed by atoms with E-state index < -0.39 is 0 Å². The van der Waals surface area contributed by atoms with E-state index in [1.54, 1.807) is 48.2 Å². The van der Waals surface area contributed by atoms with Crippen molar-refractivity contribution in [2.24, 2.45) is 0 Å². The van der Waals surface area contributed by atoms with Gasteiger partial charge in [0, 0.05) is 24.5 Å². The molecule has 1 aromatic heterocycles. The van der Waals surface area contributed by atoms with Crippen LogP contribution in [0.25, 0.3) is 0 Å². The van der Waals surface area contributed by atoms with E-state index in [2.05, 4.69) is 10.6 Å². The average Bonchev–Trinajstić information content (AvgIpc) is 2.51. The molecule has 116 valence electrons. The molecule has 22 heavy (non-hydrogen) atoms. The van der Waals surface area contributed by atoms with Gasteiger partial charge >= 0.3 is 6.03 Å². The number of rotatable bonds is 5. The molecule has 0 saturated carbocycles. The van der Waals surface area contributed by atoms with Crippen LogP contribution in [0, 0.1) is 0 Å². The fourth-order valence-corrected chi connectivity index (χ4v) is 1.99. The van der Waals surface area contributed by atoms with E-state index >= 15 is 0 Å². The molecule has 2 N–H and O–H groups in total. The fourth-order valence-electron chi connectivity index (χ4n) is 1.99. The SMILES string of the molecule is CCCn1cc(NC(=O)Nc2ccc(OC)cc2)ccc1=O. The summed E-state index contributed by atoms with van der Waals surface area (Å²) in [6.45, 7) is 2.61. The summed E-state index contributed by atoms with van der Waals surface area (Å²) < 4.78 is 6.63. The summed E-state index contributed by atoms with van der Waals surface area (Å²) in [6, 6.07) is 9.67. The molecule has 1 heterocycles. The molecule has 2 aromatic rings. The van der Waals surface area contributed by atoms with Gasteiger partial charge < -0.3 is 19.9 Å². The topological polar surface area (TPSA) is 72.4 Å². The van der Waals surface area contributed by atoms with Gasteiger partial charge in [0.05, 0.1) is 12.8 Å². The van der Waals surface area contributed by atoms with E-state index in [-0.39, 0.29) is 11.6 Å². The van der Waals surface area contributed by atoms with E-state index in [4.69, 9.17) is 4.74 Å². The van der Waals surface area contributed by atoms with Gasteiger partial charge in [0.2, 0.25) is 0 Å². The molecule has 0 radical (unpaired) electrons. The van der Waals surface area contributed by atoms with Crippen LogP contribution in [0.15, 0.2) is 47.4 Å². The molecule has 6 nitrogen and oxygen atoms in total. The van der Waals surface area contributed by atoms with Gasteiger partial charge in [-0.25, -0.2) is 4.79 Å². The minimum Gasteiger partial charge on any atom is -0.497 e. The van der Waals surface area contributed by atoms with Crippen LogP contribution < -0.4 is 20.9 Å². The zero-order valence-electron chi connectivity index (χ0n) is 12.6. The van der Waals surface area contributed by atoms with Crippen LogP contribution in [0.4, 0.5) is 16.2 Å². The lowest BCUT2D eigenvalue weighted by Crippen LogP contribution is -2.23. The highest BCUT2D eigenvalue weighted by molar-refractivity contribution is 5.99. The lowest BCUT2D eigenvalue weighted by molar-refractivity contribution is 0.262. The van der Waals surface area contributed by atoms with Crippen LogP contribution in [-0.2, 0) is 6.54 Å². The second-order valence-electron chi connectivity index (χ2n) is 4.76. The highest BCUT2D eigenvalue weighted by Crippen LogP contribution is 2.15. The number of aryl methyl sites for hydroxylation is 1. The van der Waals surface area contributed by atoms with Gasteiger partial charge in [-0.15, -0.1) is 0 Å². The number of nitrogens with zero attached hydrogens (tertiary/aromatic N) is 1. The summed E-state index contributed by atoms with van der Waals surface area (Å²) in [5.41, 5.74) is 1.14. The molecule has 0 fully saturated rings. The van der Waals surface area contributed by atoms with Gasteiger partial charge in [-0.1, -0.05) is 6.92 Å². The standard InChI is InChI=1S/C16H19N3O3/c1-3-10-19-11-13(6-9-15(19)20)18-16(21)17-12-4-7-14(22-2)8-5-12/h4-9,11H,3,10H2,1-2H3,(H2,17,18,21). The van der Waals surface area contributed by atoms with Crippen LogP contribution in [0.3, 0.4) is 0 Å². The summed E-state index contributed by atoms with van der Waals surface area (Å²) >= 11 is 0. The molecule has 0 bridgehead atoms. The van der Waals surface area contributed by atoms with Crippen LogP contribution in [0.5, 0.6) is 5.75 Å². The molecule has 6 heteroatoms. The van der Waals surface area contributed by atoms with E-state index in [0.29, 0.717) is 17.9 Å². The number of carbonyl (C=O) groups excluding carboxylic acids is 1. The number of methoxy groups -OCH3 is 1. The fraction of sp³-hybridized carbons (Fsp3) is 0.250. The number of aromatic nitrogens is 1. The largest absolute Gasteiger partial charge is 0.497 e. The lowest BCUT2D eigenvalue weighted by atomic mass is 10.3. The Morgan fingerprint density at radius 2 is 1.73 bits per heavy atom. The van der Waals surface area contributed by atoms with E-state index in [1.807, 2.05) is 6.92 Å². The first-order valence-corrected chi connectivity index (χ1v) is 7.05. The molecular formula is C16H19N3O3. The third-order valence-electron chi connectivity index (χ3n) is 3.05. The summed E-state index contributed by atoms with van der Waals surface area (Å²) in [4.78, 5) is 23.6. The third-order valence-corrected chi connectivity index (χ3v) is 3.05. The van der Waals surface area contributed by atoms with E-state index in [9.17, 15) is 9.59 Å². The van der Waals surface area contributed by atoms with Crippen LogP contribution >= 0.6 is 0 Å². The Labute approximate surface area is 128 Å². The van der Waals surface area contributed by atoms with Crippen LogP contribution in [-0.4, -0.2) is 17.7 Å². The van der Waals surface area contributed by atoms with Crippen molar-refractivity contribution in [3.8, 4) is 5.75 Å². The second-order valence-corrected chi connectivity index (χ2v) is 4.76. The molecule has 0 atom stereocenters. The second kappa shape index (κ2) is 7.31. The molecule has 0 spiro atoms. The zero-order valence-corrected chi connectivity index (χ0v) is 12.6. The highest BCUT2D eigenvalue weighted by atomic mass is 16.5. The van der Waals surface area contributed by atoms with Crippen molar-refractivity contribution >= 4 is 17.4 Å². The van der Waals surface area contributed by atoms with Crippen LogP contribution in [0.1, 0.15) is 13.3 Å². The van der Waals surface area contributed by atoms with Gasteiger partial charge in [0.1, 0.15) is 5.75 Å². The Bertz CT molecular complexity index is 693. The number of amides is 2. The first kappa shape index (κ1) is 15.6. The first-order chi connectivity index (χ1) is 10.6. The quantitative estimate of drug-likeness (QED) is 0.892.